The molecule has 0 unspecified atom stereocenters. The van der Waals surface area contributed by atoms with Gasteiger partial charge in [0.15, 0.2) is 0 Å². The summed E-state index contributed by atoms with van der Waals surface area (Å²) in [6, 6.07) is 0. The predicted octanol–water partition coefficient (Wildman–Crippen LogP) is 0.194. The van der Waals surface area contributed by atoms with Crippen LogP contribution >= 0.6 is 0 Å². The number of aromatic amines is 2. The fourth-order valence-corrected chi connectivity index (χ4v) is 1.45. The molecule has 0 aromatic carbocycles. The van der Waals surface area contributed by atoms with Gasteiger partial charge in [0.1, 0.15) is 12.0 Å². The van der Waals surface area contributed by atoms with Gasteiger partial charge in [-0.05, 0) is 0 Å². The highest BCUT2D eigenvalue weighted by Gasteiger charge is 2.06. The van der Waals surface area contributed by atoms with E-state index >= 15 is 0 Å². The SMILES string of the molecule is O=c1[nH]c2ncncc2c2[nH]ncc12. The molecule has 0 aliphatic carbocycles. The molecule has 0 atom stereocenters. The van der Waals surface area contributed by atoms with Crippen molar-refractivity contribution in [1.82, 2.24) is 25.1 Å². The van der Waals surface area contributed by atoms with Crippen molar-refractivity contribution in [2.75, 3.05) is 0 Å². The van der Waals surface area contributed by atoms with Crippen LogP contribution in [0.1, 0.15) is 0 Å². The molecule has 6 heteroatoms. The third-order valence-electron chi connectivity index (χ3n) is 2.10. The Morgan fingerprint density at radius 1 is 1.21 bits per heavy atom. The number of aromatic nitrogens is 5. The van der Waals surface area contributed by atoms with Gasteiger partial charge in [-0.15, -0.1) is 0 Å². The molecule has 3 aromatic rings. The maximum atomic E-state index is 11.5. The van der Waals surface area contributed by atoms with Gasteiger partial charge >= 0.3 is 0 Å². The first kappa shape index (κ1) is 7.19. The molecule has 6 nitrogen and oxygen atoms in total. The molecule has 0 amide bonds. The maximum Gasteiger partial charge on any atom is 0.260 e. The van der Waals surface area contributed by atoms with Gasteiger partial charge in [0.25, 0.3) is 5.56 Å². The van der Waals surface area contributed by atoms with E-state index in [9.17, 15) is 4.79 Å². The molecule has 0 aliphatic rings. The fourth-order valence-electron chi connectivity index (χ4n) is 1.45. The summed E-state index contributed by atoms with van der Waals surface area (Å²) >= 11 is 0. The van der Waals surface area contributed by atoms with Crippen molar-refractivity contribution in [1.29, 1.82) is 0 Å². The van der Waals surface area contributed by atoms with E-state index in [1.807, 2.05) is 0 Å². The van der Waals surface area contributed by atoms with E-state index in [1.54, 1.807) is 6.20 Å². The largest absolute Gasteiger partial charge is 0.306 e. The summed E-state index contributed by atoms with van der Waals surface area (Å²) in [5.74, 6) is 0. The highest BCUT2D eigenvalue weighted by Crippen LogP contribution is 2.14. The number of fused-ring (bicyclic) bond motifs is 3. The van der Waals surface area contributed by atoms with Crippen LogP contribution in [-0.2, 0) is 0 Å². The Hall–Kier alpha value is -2.24. The van der Waals surface area contributed by atoms with Crippen LogP contribution in [0.5, 0.6) is 0 Å². The van der Waals surface area contributed by atoms with Crippen LogP contribution in [0.4, 0.5) is 0 Å². The second-order valence-electron chi connectivity index (χ2n) is 2.90. The van der Waals surface area contributed by atoms with Gasteiger partial charge in [-0.1, -0.05) is 0 Å². The average Bonchev–Trinajstić information content (AvgIpc) is 2.67. The Labute approximate surface area is 77.0 Å². The van der Waals surface area contributed by atoms with E-state index in [4.69, 9.17) is 0 Å². The number of hydrogen-bond acceptors (Lipinski definition) is 4. The second kappa shape index (κ2) is 2.38. The van der Waals surface area contributed by atoms with Crippen LogP contribution in [0.3, 0.4) is 0 Å². The van der Waals surface area contributed by atoms with Crippen molar-refractivity contribution in [2.45, 2.75) is 0 Å². The van der Waals surface area contributed by atoms with Gasteiger partial charge in [-0.25, -0.2) is 9.97 Å². The molecule has 3 aromatic heterocycles. The lowest BCUT2D eigenvalue weighted by Crippen LogP contribution is -2.06. The molecule has 0 spiro atoms. The summed E-state index contributed by atoms with van der Waals surface area (Å²) in [6.45, 7) is 0. The molecule has 0 saturated carbocycles. The van der Waals surface area contributed by atoms with Gasteiger partial charge in [-0.2, -0.15) is 5.10 Å². The molecule has 0 bridgehead atoms. The molecule has 3 heterocycles. The first-order chi connectivity index (χ1) is 6.86. The van der Waals surface area contributed by atoms with Gasteiger partial charge in [0.2, 0.25) is 0 Å². The van der Waals surface area contributed by atoms with Crippen molar-refractivity contribution < 1.29 is 0 Å². The van der Waals surface area contributed by atoms with Crippen LogP contribution in [0.2, 0.25) is 0 Å². The number of nitrogens with zero attached hydrogens (tertiary/aromatic N) is 3. The standard InChI is InChI=1S/C8H5N5O/c14-8-5-2-11-13-6(5)4-1-9-3-10-7(4)12-8/h1-3H,(H,11,13)(H,9,10,12,14). The lowest BCUT2D eigenvalue weighted by atomic mass is 10.2. The number of H-pyrrole nitrogens is 2. The molecule has 0 fully saturated rings. The van der Waals surface area contributed by atoms with Crippen LogP contribution in [0, 0.1) is 0 Å². The Bertz CT molecular complexity index is 668. The van der Waals surface area contributed by atoms with Crippen molar-refractivity contribution in [3.05, 3.63) is 29.1 Å². The van der Waals surface area contributed by atoms with Crippen LogP contribution in [0.25, 0.3) is 21.9 Å². The zero-order chi connectivity index (χ0) is 9.54. The Morgan fingerprint density at radius 3 is 3.07 bits per heavy atom. The smallest absolute Gasteiger partial charge is 0.260 e. The third kappa shape index (κ3) is 0.792. The number of pyridine rings is 1. The van der Waals surface area contributed by atoms with Gasteiger partial charge in [0, 0.05) is 6.20 Å². The summed E-state index contributed by atoms with van der Waals surface area (Å²) in [5, 5.41) is 7.85. The average molecular weight is 187 g/mol. The number of hydrogen-bond donors (Lipinski definition) is 2. The van der Waals surface area contributed by atoms with E-state index < -0.39 is 0 Å². The molecule has 2 N–H and O–H groups in total. The summed E-state index contributed by atoms with van der Waals surface area (Å²) < 4.78 is 0. The van der Waals surface area contributed by atoms with E-state index in [1.165, 1.54) is 12.5 Å². The van der Waals surface area contributed by atoms with E-state index in [-0.39, 0.29) is 5.56 Å². The van der Waals surface area contributed by atoms with Crippen LogP contribution in [-0.4, -0.2) is 25.1 Å². The molecule has 14 heavy (non-hydrogen) atoms. The van der Waals surface area contributed by atoms with Crippen LogP contribution < -0.4 is 5.56 Å². The molecule has 0 radical (unpaired) electrons. The van der Waals surface area contributed by atoms with Gasteiger partial charge in [-0.3, -0.25) is 9.89 Å². The first-order valence-corrected chi connectivity index (χ1v) is 4.01. The van der Waals surface area contributed by atoms with Crippen LogP contribution in [0.15, 0.2) is 23.5 Å². The van der Waals surface area contributed by atoms with Crippen molar-refractivity contribution in [3.63, 3.8) is 0 Å². The number of rotatable bonds is 0. The minimum atomic E-state index is -0.194. The minimum absolute atomic E-state index is 0.194. The Morgan fingerprint density at radius 2 is 2.14 bits per heavy atom. The molecule has 0 saturated heterocycles. The topological polar surface area (TPSA) is 87.3 Å². The second-order valence-corrected chi connectivity index (χ2v) is 2.90. The summed E-state index contributed by atoms with van der Waals surface area (Å²) in [7, 11) is 0. The highest BCUT2D eigenvalue weighted by atomic mass is 16.1. The van der Waals surface area contributed by atoms with Crippen molar-refractivity contribution in [3.8, 4) is 0 Å². The summed E-state index contributed by atoms with van der Waals surface area (Å²) in [6.07, 6.45) is 4.51. The lowest BCUT2D eigenvalue weighted by molar-refractivity contribution is 1.12. The Kier molecular flexibility index (Phi) is 1.22. The fraction of sp³-hybridized carbons (Fsp3) is 0. The van der Waals surface area contributed by atoms with Gasteiger partial charge in [0.05, 0.1) is 22.5 Å². The molecule has 68 valence electrons. The highest BCUT2D eigenvalue weighted by molar-refractivity contribution is 6.00. The summed E-state index contributed by atoms with van der Waals surface area (Å²) in [4.78, 5) is 22.0. The third-order valence-corrected chi connectivity index (χ3v) is 2.10. The van der Waals surface area contributed by atoms with E-state index in [0.29, 0.717) is 16.6 Å². The Balaban J connectivity index is 2.73. The maximum absolute atomic E-state index is 11.5. The summed E-state index contributed by atoms with van der Waals surface area (Å²) in [5.41, 5.74) is 0.992. The lowest BCUT2D eigenvalue weighted by Gasteiger charge is -1.95. The normalized spacial score (nSPS) is 11.1. The minimum Gasteiger partial charge on any atom is -0.306 e. The quantitative estimate of drug-likeness (QED) is 0.526. The van der Waals surface area contributed by atoms with E-state index in [2.05, 4.69) is 25.1 Å². The zero-order valence-corrected chi connectivity index (χ0v) is 6.98. The van der Waals surface area contributed by atoms with Crippen molar-refractivity contribution in [2.24, 2.45) is 0 Å². The van der Waals surface area contributed by atoms with Gasteiger partial charge < -0.3 is 4.98 Å². The predicted molar refractivity (Wildman–Crippen MR) is 49.8 cm³/mol. The molecule has 3 rings (SSSR count). The molecular formula is C8H5N5O. The first-order valence-electron chi connectivity index (χ1n) is 4.01. The number of nitrogens with one attached hydrogen (secondary N) is 2. The zero-order valence-electron chi connectivity index (χ0n) is 6.98. The molecule has 0 aliphatic heterocycles. The molecular weight excluding hydrogens is 182 g/mol. The monoisotopic (exact) mass is 187 g/mol. The van der Waals surface area contributed by atoms with E-state index in [0.717, 1.165) is 5.39 Å². The van der Waals surface area contributed by atoms with Crippen molar-refractivity contribution >= 4 is 21.9 Å².